The van der Waals surface area contributed by atoms with Crippen LogP contribution < -0.4 is 10.6 Å². The summed E-state index contributed by atoms with van der Waals surface area (Å²) in [5.41, 5.74) is 1.66. The van der Waals surface area contributed by atoms with Crippen molar-refractivity contribution >= 4 is 28.2 Å². The van der Waals surface area contributed by atoms with E-state index in [2.05, 4.69) is 20.6 Å². The predicted molar refractivity (Wildman–Crippen MR) is 88.6 cm³/mol. The summed E-state index contributed by atoms with van der Waals surface area (Å²) in [7, 11) is 0. The Morgan fingerprint density at radius 1 is 1.26 bits per heavy atom. The fourth-order valence-electron chi connectivity index (χ4n) is 1.99. The van der Waals surface area contributed by atoms with Gasteiger partial charge in [-0.2, -0.15) is 0 Å². The summed E-state index contributed by atoms with van der Waals surface area (Å²) >= 11 is 1.45. The summed E-state index contributed by atoms with van der Waals surface area (Å²) in [6.07, 6.45) is 1.82. The van der Waals surface area contributed by atoms with Crippen LogP contribution in [0.25, 0.3) is 0 Å². The Labute approximate surface area is 137 Å². The first-order valence-corrected chi connectivity index (χ1v) is 8.01. The molecule has 0 aliphatic carbocycles. The number of anilines is 2. The topological polar surface area (TPSA) is 80.0 Å². The molecule has 3 aromatic rings. The Balaban J connectivity index is 1.53. The standard InChI is InChI=1S/C16H16N4O2S/c1-11-4-2-6-14(18-11)20-16-19-12(10-23-16)8-15(21)17-9-13-5-3-7-22-13/h2-7,10H,8-9H2,1H3,(H,17,21)(H,18,19,20). The number of carbonyl (C=O) groups excluding carboxylic acids is 1. The molecule has 0 bridgehead atoms. The van der Waals surface area contributed by atoms with Crippen molar-refractivity contribution in [2.24, 2.45) is 0 Å². The van der Waals surface area contributed by atoms with Gasteiger partial charge < -0.3 is 15.1 Å². The van der Waals surface area contributed by atoms with E-state index >= 15 is 0 Å². The van der Waals surface area contributed by atoms with Crippen LogP contribution in [0.5, 0.6) is 0 Å². The maximum atomic E-state index is 11.9. The normalized spacial score (nSPS) is 10.5. The lowest BCUT2D eigenvalue weighted by Crippen LogP contribution is -2.24. The van der Waals surface area contributed by atoms with Gasteiger partial charge >= 0.3 is 0 Å². The van der Waals surface area contributed by atoms with Gasteiger partial charge in [-0.15, -0.1) is 11.3 Å². The van der Waals surface area contributed by atoms with Crippen molar-refractivity contribution in [3.63, 3.8) is 0 Å². The molecule has 0 unspecified atom stereocenters. The number of hydrogen-bond donors (Lipinski definition) is 2. The molecule has 0 aliphatic rings. The van der Waals surface area contributed by atoms with Crippen LogP contribution in [0, 0.1) is 6.92 Å². The van der Waals surface area contributed by atoms with Gasteiger partial charge in [0.15, 0.2) is 5.13 Å². The summed E-state index contributed by atoms with van der Waals surface area (Å²) in [5.74, 6) is 1.38. The molecule has 3 rings (SSSR count). The fraction of sp³-hybridized carbons (Fsp3) is 0.188. The van der Waals surface area contributed by atoms with Crippen LogP contribution >= 0.6 is 11.3 Å². The first-order valence-electron chi connectivity index (χ1n) is 7.13. The van der Waals surface area contributed by atoms with E-state index in [4.69, 9.17) is 4.42 Å². The highest BCUT2D eigenvalue weighted by Gasteiger charge is 2.09. The fourth-order valence-corrected chi connectivity index (χ4v) is 2.71. The van der Waals surface area contributed by atoms with E-state index < -0.39 is 0 Å². The molecule has 0 aromatic carbocycles. The third-order valence-electron chi connectivity index (χ3n) is 3.06. The van der Waals surface area contributed by atoms with E-state index in [9.17, 15) is 4.79 Å². The van der Waals surface area contributed by atoms with Crippen molar-refractivity contribution in [3.05, 3.63) is 59.1 Å². The van der Waals surface area contributed by atoms with Crippen molar-refractivity contribution in [3.8, 4) is 0 Å². The number of rotatable bonds is 6. The summed E-state index contributed by atoms with van der Waals surface area (Å²) < 4.78 is 5.17. The van der Waals surface area contributed by atoms with Crippen LogP contribution in [0.3, 0.4) is 0 Å². The molecule has 118 valence electrons. The summed E-state index contributed by atoms with van der Waals surface area (Å²) in [4.78, 5) is 20.7. The quantitative estimate of drug-likeness (QED) is 0.727. The first-order chi connectivity index (χ1) is 11.2. The van der Waals surface area contributed by atoms with E-state index in [1.165, 1.54) is 11.3 Å². The number of hydrogen-bond acceptors (Lipinski definition) is 6. The molecule has 1 amide bonds. The van der Waals surface area contributed by atoms with Crippen LogP contribution in [0.4, 0.5) is 10.9 Å². The molecular formula is C16H16N4O2S. The predicted octanol–water partition coefficient (Wildman–Crippen LogP) is 3.04. The van der Waals surface area contributed by atoms with Crippen LogP contribution in [0.1, 0.15) is 17.1 Å². The molecule has 3 heterocycles. The smallest absolute Gasteiger partial charge is 0.226 e. The van der Waals surface area contributed by atoms with Gasteiger partial charge in [-0.25, -0.2) is 9.97 Å². The molecule has 0 fully saturated rings. The lowest BCUT2D eigenvalue weighted by molar-refractivity contribution is -0.120. The number of carbonyl (C=O) groups is 1. The number of aryl methyl sites for hydroxylation is 1. The van der Waals surface area contributed by atoms with Gasteiger partial charge in [-0.1, -0.05) is 6.07 Å². The van der Waals surface area contributed by atoms with Gasteiger partial charge in [0.1, 0.15) is 11.6 Å². The largest absolute Gasteiger partial charge is 0.467 e. The molecule has 3 aromatic heterocycles. The molecule has 0 spiro atoms. The minimum atomic E-state index is -0.0908. The zero-order valence-electron chi connectivity index (χ0n) is 12.6. The Morgan fingerprint density at radius 2 is 2.17 bits per heavy atom. The summed E-state index contributed by atoms with van der Waals surface area (Å²) in [5, 5.41) is 8.53. The van der Waals surface area contributed by atoms with E-state index in [1.807, 2.05) is 36.6 Å². The van der Waals surface area contributed by atoms with E-state index in [1.54, 1.807) is 12.3 Å². The third kappa shape index (κ3) is 4.40. The molecule has 2 N–H and O–H groups in total. The van der Waals surface area contributed by atoms with Crippen LogP contribution in [0.15, 0.2) is 46.4 Å². The molecule has 0 saturated heterocycles. The maximum Gasteiger partial charge on any atom is 0.226 e. The van der Waals surface area contributed by atoms with Gasteiger partial charge in [-0.05, 0) is 31.2 Å². The molecule has 0 atom stereocenters. The van der Waals surface area contributed by atoms with Crippen molar-refractivity contribution in [1.29, 1.82) is 0 Å². The number of thiazole rings is 1. The Hall–Kier alpha value is -2.67. The molecule has 7 heteroatoms. The second kappa shape index (κ2) is 7.06. The number of pyridine rings is 1. The van der Waals surface area contributed by atoms with Crippen LogP contribution in [-0.4, -0.2) is 15.9 Å². The second-order valence-electron chi connectivity index (χ2n) is 4.97. The van der Waals surface area contributed by atoms with Crippen molar-refractivity contribution in [2.75, 3.05) is 5.32 Å². The molecule has 0 saturated carbocycles. The van der Waals surface area contributed by atoms with Crippen molar-refractivity contribution < 1.29 is 9.21 Å². The third-order valence-corrected chi connectivity index (χ3v) is 3.86. The van der Waals surface area contributed by atoms with Crippen LogP contribution in [0.2, 0.25) is 0 Å². The van der Waals surface area contributed by atoms with E-state index in [-0.39, 0.29) is 12.3 Å². The minimum Gasteiger partial charge on any atom is -0.467 e. The Kier molecular flexibility index (Phi) is 4.68. The molecule has 0 aliphatic heterocycles. The van der Waals surface area contributed by atoms with Gasteiger partial charge in [0.25, 0.3) is 0 Å². The minimum absolute atomic E-state index is 0.0908. The van der Waals surface area contributed by atoms with Crippen molar-refractivity contribution in [2.45, 2.75) is 19.9 Å². The van der Waals surface area contributed by atoms with Gasteiger partial charge in [0, 0.05) is 11.1 Å². The number of aromatic nitrogens is 2. The maximum absolute atomic E-state index is 11.9. The molecule has 6 nitrogen and oxygen atoms in total. The summed E-state index contributed by atoms with van der Waals surface area (Å²) in [6.45, 7) is 2.32. The Bertz CT molecular complexity index is 783. The highest BCUT2D eigenvalue weighted by molar-refractivity contribution is 7.13. The molecule has 0 radical (unpaired) electrons. The van der Waals surface area contributed by atoms with E-state index in [0.717, 1.165) is 28.1 Å². The zero-order valence-corrected chi connectivity index (χ0v) is 13.4. The first kappa shape index (κ1) is 15.2. The average Bonchev–Trinajstić information content (AvgIpc) is 3.17. The Morgan fingerprint density at radius 3 is 2.96 bits per heavy atom. The lowest BCUT2D eigenvalue weighted by atomic mass is 10.3. The lowest BCUT2D eigenvalue weighted by Gasteiger charge is -2.02. The van der Waals surface area contributed by atoms with Gasteiger partial charge in [0.2, 0.25) is 5.91 Å². The number of amides is 1. The molecular weight excluding hydrogens is 312 g/mol. The van der Waals surface area contributed by atoms with Crippen LogP contribution in [-0.2, 0) is 17.8 Å². The van der Waals surface area contributed by atoms with Gasteiger partial charge in [0.05, 0.1) is 24.9 Å². The van der Waals surface area contributed by atoms with Crippen molar-refractivity contribution in [1.82, 2.24) is 15.3 Å². The second-order valence-corrected chi connectivity index (χ2v) is 5.82. The van der Waals surface area contributed by atoms with Gasteiger partial charge in [-0.3, -0.25) is 4.79 Å². The molecule has 23 heavy (non-hydrogen) atoms. The number of nitrogens with zero attached hydrogens (tertiary/aromatic N) is 2. The monoisotopic (exact) mass is 328 g/mol. The number of furan rings is 1. The summed E-state index contributed by atoms with van der Waals surface area (Å²) in [6, 6.07) is 9.35. The SMILES string of the molecule is Cc1cccc(Nc2nc(CC(=O)NCc3ccco3)cs2)n1. The highest BCUT2D eigenvalue weighted by Crippen LogP contribution is 2.20. The highest BCUT2D eigenvalue weighted by atomic mass is 32.1. The zero-order chi connectivity index (χ0) is 16.1. The van der Waals surface area contributed by atoms with E-state index in [0.29, 0.717) is 6.54 Å². The number of nitrogens with one attached hydrogen (secondary N) is 2. The average molecular weight is 328 g/mol.